The van der Waals surface area contributed by atoms with Crippen molar-refractivity contribution in [1.82, 2.24) is 4.90 Å². The largest absolute Gasteiger partial charge is 0.390 e. The van der Waals surface area contributed by atoms with Crippen LogP contribution in [0.15, 0.2) is 0 Å². The Morgan fingerprint density at radius 3 is 2.50 bits per heavy atom. The Morgan fingerprint density at radius 2 is 2.00 bits per heavy atom. The number of rotatable bonds is 1. The summed E-state index contributed by atoms with van der Waals surface area (Å²) in [4.78, 5) is 14.1. The number of amides is 1. The topological polar surface area (TPSA) is 66.6 Å². The van der Waals surface area contributed by atoms with Crippen molar-refractivity contribution in [3.63, 3.8) is 0 Å². The number of piperidine rings is 1. The number of nitrogens with two attached hydrogens (primary N) is 1. The molecule has 0 aromatic heterocycles. The zero-order chi connectivity index (χ0) is 11.8. The van der Waals surface area contributed by atoms with E-state index in [1.165, 1.54) is 0 Å². The molecule has 0 aromatic rings. The van der Waals surface area contributed by atoms with Crippen molar-refractivity contribution >= 4 is 5.91 Å². The average Bonchev–Trinajstić information content (AvgIpc) is 2.63. The molecule has 1 aliphatic carbocycles. The molecule has 1 amide bonds. The first-order valence-corrected chi connectivity index (χ1v) is 6.26. The summed E-state index contributed by atoms with van der Waals surface area (Å²) in [5.74, 6) is 0.239. The van der Waals surface area contributed by atoms with E-state index in [4.69, 9.17) is 5.73 Å². The molecule has 92 valence electrons. The van der Waals surface area contributed by atoms with Crippen LogP contribution in [-0.2, 0) is 4.79 Å². The quantitative estimate of drug-likeness (QED) is 0.683. The fourth-order valence-corrected chi connectivity index (χ4v) is 2.74. The highest BCUT2D eigenvalue weighted by Gasteiger charge is 2.36. The van der Waals surface area contributed by atoms with Gasteiger partial charge in [-0.1, -0.05) is 6.42 Å². The van der Waals surface area contributed by atoms with Crippen molar-refractivity contribution in [3.8, 4) is 0 Å². The van der Waals surface area contributed by atoms with Crippen LogP contribution < -0.4 is 5.73 Å². The van der Waals surface area contributed by atoms with Crippen molar-refractivity contribution in [2.24, 2.45) is 11.7 Å². The Kier molecular flexibility index (Phi) is 3.22. The Hall–Kier alpha value is -0.610. The van der Waals surface area contributed by atoms with Crippen LogP contribution in [0.1, 0.15) is 39.0 Å². The van der Waals surface area contributed by atoms with Crippen molar-refractivity contribution in [2.75, 3.05) is 13.1 Å². The van der Waals surface area contributed by atoms with Gasteiger partial charge in [-0.25, -0.2) is 0 Å². The maximum absolute atomic E-state index is 12.2. The van der Waals surface area contributed by atoms with Gasteiger partial charge in [0.25, 0.3) is 0 Å². The average molecular weight is 226 g/mol. The van der Waals surface area contributed by atoms with Gasteiger partial charge in [-0.05, 0) is 32.6 Å². The molecule has 1 saturated heterocycles. The van der Waals surface area contributed by atoms with Gasteiger partial charge in [0.2, 0.25) is 5.91 Å². The number of likely N-dealkylation sites (tertiary alicyclic amines) is 1. The number of nitrogens with zero attached hydrogens (tertiary/aromatic N) is 1. The molecule has 2 atom stereocenters. The van der Waals surface area contributed by atoms with Crippen molar-refractivity contribution < 1.29 is 9.90 Å². The number of hydrogen-bond acceptors (Lipinski definition) is 3. The van der Waals surface area contributed by atoms with Gasteiger partial charge in [-0.15, -0.1) is 0 Å². The summed E-state index contributed by atoms with van der Waals surface area (Å²) in [6, 6.07) is 0.0509. The maximum Gasteiger partial charge on any atom is 0.227 e. The lowest BCUT2D eigenvalue weighted by Gasteiger charge is -2.37. The highest BCUT2D eigenvalue weighted by molar-refractivity contribution is 5.80. The van der Waals surface area contributed by atoms with Gasteiger partial charge in [0.15, 0.2) is 0 Å². The minimum Gasteiger partial charge on any atom is -0.390 e. The smallest absolute Gasteiger partial charge is 0.227 e. The molecule has 4 nitrogen and oxygen atoms in total. The number of carbonyl (C=O) groups is 1. The second kappa shape index (κ2) is 4.34. The van der Waals surface area contributed by atoms with Crippen molar-refractivity contribution in [2.45, 2.75) is 50.7 Å². The molecule has 16 heavy (non-hydrogen) atoms. The van der Waals surface area contributed by atoms with E-state index in [-0.39, 0.29) is 17.9 Å². The predicted octanol–water partition coefficient (Wildman–Crippen LogP) is 0.487. The molecule has 2 unspecified atom stereocenters. The van der Waals surface area contributed by atoms with Crippen LogP contribution in [0.25, 0.3) is 0 Å². The van der Waals surface area contributed by atoms with Gasteiger partial charge in [0.05, 0.1) is 11.5 Å². The normalized spacial score (nSPS) is 34.1. The van der Waals surface area contributed by atoms with E-state index >= 15 is 0 Å². The fraction of sp³-hybridized carbons (Fsp3) is 0.917. The first-order chi connectivity index (χ1) is 7.49. The van der Waals surface area contributed by atoms with Crippen molar-refractivity contribution in [3.05, 3.63) is 0 Å². The zero-order valence-corrected chi connectivity index (χ0v) is 9.98. The molecule has 0 radical (unpaired) electrons. The highest BCUT2D eigenvalue weighted by Crippen LogP contribution is 2.28. The maximum atomic E-state index is 12.2. The van der Waals surface area contributed by atoms with Crippen LogP contribution in [-0.4, -0.2) is 40.6 Å². The summed E-state index contributed by atoms with van der Waals surface area (Å²) < 4.78 is 0. The summed E-state index contributed by atoms with van der Waals surface area (Å²) in [5.41, 5.74) is 5.35. The SMILES string of the molecule is CC1(O)CCN(C(=O)C2CCCC2N)CC1. The van der Waals surface area contributed by atoms with E-state index in [0.717, 1.165) is 19.3 Å². The fourth-order valence-electron chi connectivity index (χ4n) is 2.74. The van der Waals surface area contributed by atoms with Crippen LogP contribution >= 0.6 is 0 Å². The van der Waals surface area contributed by atoms with E-state index in [1.54, 1.807) is 0 Å². The van der Waals surface area contributed by atoms with Crippen molar-refractivity contribution in [1.29, 1.82) is 0 Å². The second-order valence-electron chi connectivity index (χ2n) is 5.52. The van der Waals surface area contributed by atoms with E-state index in [9.17, 15) is 9.90 Å². The minimum atomic E-state index is -0.589. The molecule has 1 aliphatic heterocycles. The summed E-state index contributed by atoms with van der Waals surface area (Å²) >= 11 is 0. The third kappa shape index (κ3) is 2.38. The first-order valence-electron chi connectivity index (χ1n) is 6.26. The Balaban J connectivity index is 1.91. The predicted molar refractivity (Wildman–Crippen MR) is 61.8 cm³/mol. The molecule has 3 N–H and O–H groups in total. The van der Waals surface area contributed by atoms with E-state index < -0.39 is 5.60 Å². The third-order valence-corrected chi connectivity index (χ3v) is 4.04. The monoisotopic (exact) mass is 226 g/mol. The molecule has 2 rings (SSSR count). The molecular formula is C12H22N2O2. The van der Waals surface area contributed by atoms with E-state index in [1.807, 2.05) is 11.8 Å². The summed E-state index contributed by atoms with van der Waals surface area (Å²) in [6.07, 6.45) is 4.35. The third-order valence-electron chi connectivity index (χ3n) is 4.04. The van der Waals surface area contributed by atoms with E-state index in [0.29, 0.717) is 25.9 Å². The number of aliphatic hydroxyl groups is 1. The van der Waals surface area contributed by atoms with Crippen LogP contribution in [0.5, 0.6) is 0 Å². The molecule has 2 fully saturated rings. The zero-order valence-electron chi connectivity index (χ0n) is 9.98. The molecule has 0 aromatic carbocycles. The Bertz CT molecular complexity index is 268. The number of hydrogen-bond donors (Lipinski definition) is 2. The van der Waals surface area contributed by atoms with Gasteiger partial charge in [-0.2, -0.15) is 0 Å². The van der Waals surface area contributed by atoms with Gasteiger partial charge in [-0.3, -0.25) is 4.79 Å². The number of carbonyl (C=O) groups excluding carboxylic acids is 1. The molecule has 2 aliphatic rings. The minimum absolute atomic E-state index is 0.0306. The lowest BCUT2D eigenvalue weighted by Crippen LogP contribution is -2.49. The molecule has 0 bridgehead atoms. The molecule has 1 heterocycles. The van der Waals surface area contributed by atoms with Gasteiger partial charge in [0.1, 0.15) is 0 Å². The molecule has 4 heteroatoms. The Labute approximate surface area is 96.8 Å². The van der Waals surface area contributed by atoms with E-state index in [2.05, 4.69) is 0 Å². The second-order valence-corrected chi connectivity index (χ2v) is 5.52. The van der Waals surface area contributed by atoms with Crippen LogP contribution in [0, 0.1) is 5.92 Å². The highest BCUT2D eigenvalue weighted by atomic mass is 16.3. The summed E-state index contributed by atoms with van der Waals surface area (Å²) in [5, 5.41) is 9.83. The van der Waals surface area contributed by atoms with Gasteiger partial charge < -0.3 is 15.7 Å². The van der Waals surface area contributed by atoms with Crippen LogP contribution in [0.2, 0.25) is 0 Å². The molecule has 1 saturated carbocycles. The summed E-state index contributed by atoms with van der Waals surface area (Å²) in [6.45, 7) is 3.19. The van der Waals surface area contributed by atoms with Gasteiger partial charge >= 0.3 is 0 Å². The standard InChI is InChI=1S/C12H22N2O2/c1-12(16)5-7-14(8-6-12)11(15)9-3-2-4-10(9)13/h9-10,16H,2-8,13H2,1H3. The lowest BCUT2D eigenvalue weighted by atomic mass is 9.92. The molecule has 0 spiro atoms. The first kappa shape index (κ1) is 11.9. The van der Waals surface area contributed by atoms with Crippen LogP contribution in [0.4, 0.5) is 0 Å². The molecular weight excluding hydrogens is 204 g/mol. The van der Waals surface area contributed by atoms with Gasteiger partial charge in [0, 0.05) is 19.1 Å². The Morgan fingerprint density at radius 1 is 1.38 bits per heavy atom. The van der Waals surface area contributed by atoms with Crippen LogP contribution in [0.3, 0.4) is 0 Å². The lowest BCUT2D eigenvalue weighted by molar-refractivity contribution is -0.139. The summed E-state index contributed by atoms with van der Waals surface area (Å²) in [7, 11) is 0.